The molecule has 6 heteroatoms. The number of hydrogen-bond acceptors (Lipinski definition) is 4. The molecule has 1 aromatic carbocycles. The number of hydrogen-bond donors (Lipinski definition) is 3. The summed E-state index contributed by atoms with van der Waals surface area (Å²) in [5, 5.41) is 18.1. The monoisotopic (exact) mass is 348 g/mol. The molecule has 0 spiro atoms. The van der Waals surface area contributed by atoms with Crippen LogP contribution in [-0.4, -0.2) is 35.6 Å². The van der Waals surface area contributed by atoms with Crippen LogP contribution in [0.4, 0.5) is 5.69 Å². The topological polar surface area (TPSA) is 59.9 Å². The van der Waals surface area contributed by atoms with Crippen molar-refractivity contribution in [2.24, 2.45) is 5.10 Å². The van der Waals surface area contributed by atoms with Crippen molar-refractivity contribution in [3.05, 3.63) is 23.8 Å². The van der Waals surface area contributed by atoms with Crippen molar-refractivity contribution in [1.29, 1.82) is 0 Å². The van der Waals surface area contributed by atoms with Crippen molar-refractivity contribution < 1.29 is 5.11 Å². The molecule has 0 aliphatic heterocycles. The minimum atomic E-state index is 0.219. The second-order valence-electron chi connectivity index (χ2n) is 6.09. The second kappa shape index (κ2) is 9.47. The van der Waals surface area contributed by atoms with Crippen molar-refractivity contribution in [3.8, 4) is 5.75 Å². The maximum atomic E-state index is 10.2. The number of phenolic OH excluding ortho intramolecular Hbond substituents is 1. The SMILES string of the molecule is CCN(CC)c1ccc(/C=N/NC(=S)NC2CCCCC2)c(O)c1. The van der Waals surface area contributed by atoms with Crippen LogP contribution in [0, 0.1) is 0 Å². The van der Waals surface area contributed by atoms with E-state index in [1.807, 2.05) is 12.1 Å². The Morgan fingerprint density at radius 1 is 1.29 bits per heavy atom. The minimum absolute atomic E-state index is 0.219. The molecule has 0 atom stereocenters. The van der Waals surface area contributed by atoms with Crippen LogP contribution in [0.3, 0.4) is 0 Å². The summed E-state index contributed by atoms with van der Waals surface area (Å²) < 4.78 is 0. The first-order valence-corrected chi connectivity index (χ1v) is 9.22. The van der Waals surface area contributed by atoms with Gasteiger partial charge in [0.15, 0.2) is 5.11 Å². The van der Waals surface area contributed by atoms with Gasteiger partial charge in [-0.1, -0.05) is 19.3 Å². The Morgan fingerprint density at radius 2 is 2.00 bits per heavy atom. The Kier molecular flexibility index (Phi) is 7.31. The molecule has 1 saturated carbocycles. The van der Waals surface area contributed by atoms with E-state index in [1.165, 1.54) is 32.1 Å². The van der Waals surface area contributed by atoms with Gasteiger partial charge in [-0.2, -0.15) is 5.10 Å². The highest BCUT2D eigenvalue weighted by Gasteiger charge is 2.13. The van der Waals surface area contributed by atoms with Gasteiger partial charge in [-0.25, -0.2) is 0 Å². The van der Waals surface area contributed by atoms with Gasteiger partial charge in [0.1, 0.15) is 5.75 Å². The molecule has 1 aliphatic rings. The molecule has 1 fully saturated rings. The average molecular weight is 349 g/mol. The zero-order valence-electron chi connectivity index (χ0n) is 14.6. The van der Waals surface area contributed by atoms with Crippen molar-refractivity contribution in [1.82, 2.24) is 10.7 Å². The van der Waals surface area contributed by atoms with E-state index in [1.54, 1.807) is 12.3 Å². The number of benzene rings is 1. The first-order chi connectivity index (χ1) is 11.6. The summed E-state index contributed by atoms with van der Waals surface area (Å²) in [6, 6.07) is 6.08. The lowest BCUT2D eigenvalue weighted by atomic mass is 9.96. The normalized spacial score (nSPS) is 15.4. The van der Waals surface area contributed by atoms with Gasteiger partial charge in [0.2, 0.25) is 0 Å². The van der Waals surface area contributed by atoms with E-state index in [0.29, 0.717) is 16.7 Å². The second-order valence-corrected chi connectivity index (χ2v) is 6.50. The molecule has 0 bridgehead atoms. The summed E-state index contributed by atoms with van der Waals surface area (Å²) >= 11 is 5.26. The number of aromatic hydroxyl groups is 1. The van der Waals surface area contributed by atoms with E-state index in [4.69, 9.17) is 12.2 Å². The summed E-state index contributed by atoms with van der Waals surface area (Å²) in [6.07, 6.45) is 7.76. The van der Waals surface area contributed by atoms with E-state index in [-0.39, 0.29) is 5.75 Å². The largest absolute Gasteiger partial charge is 0.507 e. The van der Waals surface area contributed by atoms with E-state index >= 15 is 0 Å². The number of nitrogens with zero attached hydrogens (tertiary/aromatic N) is 2. The molecule has 0 unspecified atom stereocenters. The Bertz CT molecular complexity index is 566. The highest BCUT2D eigenvalue weighted by Crippen LogP contribution is 2.23. The number of thiocarbonyl (C=S) groups is 1. The maximum Gasteiger partial charge on any atom is 0.187 e. The summed E-state index contributed by atoms with van der Waals surface area (Å²) in [7, 11) is 0. The van der Waals surface area contributed by atoms with Gasteiger partial charge < -0.3 is 15.3 Å². The van der Waals surface area contributed by atoms with Crippen molar-refractivity contribution in [2.75, 3.05) is 18.0 Å². The number of anilines is 1. The lowest BCUT2D eigenvalue weighted by Crippen LogP contribution is -2.40. The van der Waals surface area contributed by atoms with E-state index in [9.17, 15) is 5.11 Å². The summed E-state index contributed by atoms with van der Waals surface area (Å²) in [6.45, 7) is 6.01. The molecule has 0 saturated heterocycles. The molecule has 132 valence electrons. The molecule has 0 aromatic heterocycles. The lowest BCUT2D eigenvalue weighted by Gasteiger charge is -2.23. The average Bonchev–Trinajstić information content (AvgIpc) is 2.59. The third-order valence-electron chi connectivity index (χ3n) is 4.45. The lowest BCUT2D eigenvalue weighted by molar-refractivity contribution is 0.412. The maximum absolute atomic E-state index is 10.2. The van der Waals surface area contributed by atoms with Crippen LogP contribution in [0.2, 0.25) is 0 Å². The van der Waals surface area contributed by atoms with Crippen LogP contribution in [-0.2, 0) is 0 Å². The Balaban J connectivity index is 1.88. The van der Waals surface area contributed by atoms with Crippen LogP contribution in [0.25, 0.3) is 0 Å². The van der Waals surface area contributed by atoms with Gasteiger partial charge >= 0.3 is 0 Å². The quantitative estimate of drug-likeness (QED) is 0.418. The van der Waals surface area contributed by atoms with Crippen LogP contribution >= 0.6 is 12.2 Å². The first-order valence-electron chi connectivity index (χ1n) is 8.81. The summed E-state index contributed by atoms with van der Waals surface area (Å²) in [5.74, 6) is 0.219. The Hall–Kier alpha value is -1.82. The van der Waals surface area contributed by atoms with Crippen LogP contribution in [0.1, 0.15) is 51.5 Å². The highest BCUT2D eigenvalue weighted by atomic mass is 32.1. The molecule has 0 amide bonds. The number of nitrogens with one attached hydrogen (secondary N) is 2. The van der Waals surface area contributed by atoms with Crippen molar-refractivity contribution in [2.45, 2.75) is 52.0 Å². The molecule has 24 heavy (non-hydrogen) atoms. The molecule has 1 aliphatic carbocycles. The third kappa shape index (κ3) is 5.37. The van der Waals surface area contributed by atoms with Crippen molar-refractivity contribution >= 4 is 29.2 Å². The molecule has 0 radical (unpaired) electrons. The minimum Gasteiger partial charge on any atom is -0.507 e. The number of phenols is 1. The van der Waals surface area contributed by atoms with Gasteiger partial charge in [-0.05, 0) is 51.0 Å². The highest BCUT2D eigenvalue weighted by molar-refractivity contribution is 7.80. The zero-order valence-corrected chi connectivity index (χ0v) is 15.4. The number of hydrazone groups is 1. The smallest absolute Gasteiger partial charge is 0.187 e. The van der Waals surface area contributed by atoms with E-state index < -0.39 is 0 Å². The van der Waals surface area contributed by atoms with E-state index in [0.717, 1.165) is 18.8 Å². The predicted octanol–water partition coefficient (Wildman–Crippen LogP) is 3.37. The van der Waals surface area contributed by atoms with E-state index in [2.05, 4.69) is 34.6 Å². The molecular weight excluding hydrogens is 320 g/mol. The van der Waals surface area contributed by atoms with Gasteiger partial charge in [0.25, 0.3) is 0 Å². The standard InChI is InChI=1S/C18H28N4OS/c1-3-22(4-2)16-11-10-14(17(23)12-16)13-19-21-18(24)20-15-8-6-5-7-9-15/h10-13,15,23H,3-9H2,1-2H3,(H2,20,21,24)/b19-13+. The molecule has 3 N–H and O–H groups in total. The fourth-order valence-corrected chi connectivity index (χ4v) is 3.27. The van der Waals surface area contributed by atoms with Gasteiger partial charge in [-0.3, -0.25) is 5.43 Å². The van der Waals surface area contributed by atoms with Gasteiger partial charge in [-0.15, -0.1) is 0 Å². The molecule has 5 nitrogen and oxygen atoms in total. The van der Waals surface area contributed by atoms with Crippen molar-refractivity contribution in [3.63, 3.8) is 0 Å². The molecular formula is C18H28N4OS. The van der Waals surface area contributed by atoms with Gasteiger partial charge in [0, 0.05) is 36.4 Å². The fourth-order valence-electron chi connectivity index (χ4n) is 3.05. The Morgan fingerprint density at radius 3 is 2.62 bits per heavy atom. The number of rotatable bonds is 6. The molecule has 2 rings (SSSR count). The van der Waals surface area contributed by atoms with Crippen LogP contribution in [0.15, 0.2) is 23.3 Å². The zero-order chi connectivity index (χ0) is 17.4. The first kappa shape index (κ1) is 18.5. The van der Waals surface area contributed by atoms with Crippen LogP contribution in [0.5, 0.6) is 5.75 Å². The summed E-state index contributed by atoms with van der Waals surface area (Å²) in [4.78, 5) is 2.18. The Labute approximate surface area is 150 Å². The predicted molar refractivity (Wildman–Crippen MR) is 105 cm³/mol. The fraction of sp³-hybridized carbons (Fsp3) is 0.556. The third-order valence-corrected chi connectivity index (χ3v) is 4.66. The molecule has 1 aromatic rings. The van der Waals surface area contributed by atoms with Crippen LogP contribution < -0.4 is 15.6 Å². The summed E-state index contributed by atoms with van der Waals surface area (Å²) in [5.41, 5.74) is 4.51. The molecule has 0 heterocycles. The van der Waals surface area contributed by atoms with Gasteiger partial charge in [0.05, 0.1) is 6.21 Å².